The quantitative estimate of drug-likeness (QED) is 0.788. The number of hydrogen-bond donors (Lipinski definition) is 2. The predicted octanol–water partition coefficient (Wildman–Crippen LogP) is 0.430. The molecule has 2 heterocycles. The van der Waals surface area contributed by atoms with E-state index in [1.807, 2.05) is 6.92 Å². The maximum atomic E-state index is 10.3. The van der Waals surface area contributed by atoms with Gasteiger partial charge in [0.1, 0.15) is 0 Å². The Hall–Kier alpha value is -1.02. The Morgan fingerprint density at radius 1 is 1.32 bits per heavy atom. The van der Waals surface area contributed by atoms with Crippen LogP contribution in [0.15, 0.2) is 4.52 Å². The monoisotopic (exact) mass is 310 g/mol. The highest BCUT2D eigenvalue weighted by Gasteiger charge is 2.39. The molecule has 1 atom stereocenters. The van der Waals surface area contributed by atoms with E-state index in [1.165, 1.54) is 0 Å². The zero-order valence-electron chi connectivity index (χ0n) is 13.3. The molecule has 3 rings (SSSR count). The lowest BCUT2D eigenvalue weighted by molar-refractivity contribution is 0.0132. The maximum absolute atomic E-state index is 10.3. The van der Waals surface area contributed by atoms with Crippen molar-refractivity contribution in [3.8, 4) is 0 Å². The molecule has 0 amide bonds. The minimum Gasteiger partial charge on any atom is -0.390 e. The molecule has 1 aromatic rings. The minimum atomic E-state index is -0.399. The molecular formula is C15H26N4O3. The van der Waals surface area contributed by atoms with Gasteiger partial charge in [0.25, 0.3) is 0 Å². The average molecular weight is 310 g/mol. The van der Waals surface area contributed by atoms with Gasteiger partial charge in [-0.2, -0.15) is 4.98 Å². The van der Waals surface area contributed by atoms with Gasteiger partial charge >= 0.3 is 0 Å². The van der Waals surface area contributed by atoms with Crippen molar-refractivity contribution in [2.24, 2.45) is 0 Å². The fourth-order valence-electron chi connectivity index (χ4n) is 3.41. The normalized spacial score (nSPS) is 23.7. The SMILES string of the molecule is Cc1nc(C2(NCC(O)CN3CCOCC3)CCCC2)no1. The van der Waals surface area contributed by atoms with Crippen LogP contribution in [0.4, 0.5) is 0 Å². The van der Waals surface area contributed by atoms with Gasteiger partial charge in [-0.3, -0.25) is 4.90 Å². The van der Waals surface area contributed by atoms with E-state index in [0.717, 1.165) is 57.8 Å². The third kappa shape index (κ3) is 3.65. The molecule has 22 heavy (non-hydrogen) atoms. The Labute approximate surface area is 131 Å². The number of aromatic nitrogens is 2. The van der Waals surface area contributed by atoms with Crippen LogP contribution < -0.4 is 5.32 Å². The molecule has 0 radical (unpaired) electrons. The number of aryl methyl sites for hydroxylation is 1. The summed E-state index contributed by atoms with van der Waals surface area (Å²) in [7, 11) is 0. The molecule has 1 aromatic heterocycles. The predicted molar refractivity (Wildman–Crippen MR) is 80.4 cm³/mol. The number of β-amino-alcohol motifs (C(OH)–C–C–N with tert-alkyl or cyclic N) is 1. The summed E-state index contributed by atoms with van der Waals surface area (Å²) in [6.45, 7) is 6.34. The van der Waals surface area contributed by atoms with Crippen molar-refractivity contribution in [2.75, 3.05) is 39.4 Å². The molecule has 1 saturated carbocycles. The minimum absolute atomic E-state index is 0.232. The van der Waals surface area contributed by atoms with E-state index < -0.39 is 6.10 Å². The molecular weight excluding hydrogens is 284 g/mol. The van der Waals surface area contributed by atoms with Crippen LogP contribution in [0.25, 0.3) is 0 Å². The fraction of sp³-hybridized carbons (Fsp3) is 0.867. The van der Waals surface area contributed by atoms with Gasteiger partial charge in [0.05, 0.1) is 24.9 Å². The number of aliphatic hydroxyl groups is 1. The first-order valence-electron chi connectivity index (χ1n) is 8.22. The van der Waals surface area contributed by atoms with Crippen molar-refractivity contribution in [2.45, 2.75) is 44.2 Å². The first-order valence-corrected chi connectivity index (χ1v) is 8.22. The Morgan fingerprint density at radius 3 is 2.68 bits per heavy atom. The molecule has 1 saturated heterocycles. The summed E-state index contributed by atoms with van der Waals surface area (Å²) in [4.78, 5) is 6.66. The van der Waals surface area contributed by atoms with Crippen LogP contribution in [-0.4, -0.2) is 65.6 Å². The Kier molecular flexibility index (Phi) is 5.07. The van der Waals surface area contributed by atoms with Crippen LogP contribution in [0.2, 0.25) is 0 Å². The average Bonchev–Trinajstić information content (AvgIpc) is 3.16. The zero-order valence-corrected chi connectivity index (χ0v) is 13.3. The number of rotatable bonds is 6. The lowest BCUT2D eigenvalue weighted by atomic mass is 9.96. The number of hydrogen-bond acceptors (Lipinski definition) is 7. The number of aliphatic hydroxyl groups excluding tert-OH is 1. The van der Waals surface area contributed by atoms with E-state index >= 15 is 0 Å². The second-order valence-electron chi connectivity index (χ2n) is 6.37. The van der Waals surface area contributed by atoms with Crippen LogP contribution >= 0.6 is 0 Å². The van der Waals surface area contributed by atoms with Crippen molar-refractivity contribution < 1.29 is 14.4 Å². The topological polar surface area (TPSA) is 83.7 Å². The van der Waals surface area contributed by atoms with Crippen LogP contribution in [0.3, 0.4) is 0 Å². The lowest BCUT2D eigenvalue weighted by Gasteiger charge is -2.31. The van der Waals surface area contributed by atoms with Crippen molar-refractivity contribution in [1.82, 2.24) is 20.4 Å². The van der Waals surface area contributed by atoms with Gasteiger partial charge in [-0.25, -0.2) is 0 Å². The molecule has 1 aliphatic heterocycles. The highest BCUT2D eigenvalue weighted by molar-refractivity contribution is 5.08. The van der Waals surface area contributed by atoms with E-state index in [0.29, 0.717) is 19.0 Å². The van der Waals surface area contributed by atoms with Gasteiger partial charge in [-0.1, -0.05) is 18.0 Å². The first kappa shape index (κ1) is 15.9. The summed E-state index contributed by atoms with van der Waals surface area (Å²) >= 11 is 0. The molecule has 0 aromatic carbocycles. The molecule has 0 bridgehead atoms. The van der Waals surface area contributed by atoms with Gasteiger partial charge < -0.3 is 19.7 Å². The van der Waals surface area contributed by atoms with Gasteiger partial charge in [0.2, 0.25) is 5.89 Å². The highest BCUT2D eigenvalue weighted by atomic mass is 16.5. The molecule has 1 aliphatic carbocycles. The van der Waals surface area contributed by atoms with Crippen molar-refractivity contribution >= 4 is 0 Å². The summed E-state index contributed by atoms with van der Waals surface area (Å²) in [5, 5.41) is 17.9. The standard InChI is InChI=1S/C15H26N4O3/c1-12-17-14(18-22-12)15(4-2-3-5-15)16-10-13(20)11-19-6-8-21-9-7-19/h13,16,20H,2-11H2,1H3. The van der Waals surface area contributed by atoms with Gasteiger partial charge in [0.15, 0.2) is 5.82 Å². The molecule has 2 fully saturated rings. The number of ether oxygens (including phenoxy) is 1. The highest BCUT2D eigenvalue weighted by Crippen LogP contribution is 2.37. The Balaban J connectivity index is 1.55. The number of nitrogens with one attached hydrogen (secondary N) is 1. The van der Waals surface area contributed by atoms with Crippen LogP contribution in [-0.2, 0) is 10.3 Å². The van der Waals surface area contributed by atoms with E-state index in [4.69, 9.17) is 9.26 Å². The first-order chi connectivity index (χ1) is 10.7. The van der Waals surface area contributed by atoms with E-state index in [2.05, 4.69) is 20.4 Å². The van der Waals surface area contributed by atoms with E-state index in [-0.39, 0.29) is 5.54 Å². The van der Waals surface area contributed by atoms with Crippen molar-refractivity contribution in [3.63, 3.8) is 0 Å². The van der Waals surface area contributed by atoms with Crippen molar-refractivity contribution in [1.29, 1.82) is 0 Å². The summed E-state index contributed by atoms with van der Waals surface area (Å²) in [6, 6.07) is 0. The van der Waals surface area contributed by atoms with Crippen LogP contribution in [0, 0.1) is 6.92 Å². The number of morpholine rings is 1. The van der Waals surface area contributed by atoms with E-state index in [1.54, 1.807) is 0 Å². The fourth-order valence-corrected chi connectivity index (χ4v) is 3.41. The molecule has 124 valence electrons. The molecule has 0 spiro atoms. The maximum Gasteiger partial charge on any atom is 0.223 e. The van der Waals surface area contributed by atoms with Gasteiger partial charge in [-0.05, 0) is 12.8 Å². The van der Waals surface area contributed by atoms with E-state index in [9.17, 15) is 5.11 Å². The Bertz CT molecular complexity index is 467. The largest absolute Gasteiger partial charge is 0.390 e. The third-order valence-corrected chi connectivity index (χ3v) is 4.66. The van der Waals surface area contributed by atoms with Gasteiger partial charge in [0, 0.05) is 33.1 Å². The summed E-state index contributed by atoms with van der Waals surface area (Å²) in [6.07, 6.45) is 3.90. The molecule has 2 aliphatic rings. The van der Waals surface area contributed by atoms with Crippen molar-refractivity contribution in [3.05, 3.63) is 11.7 Å². The smallest absolute Gasteiger partial charge is 0.223 e. The third-order valence-electron chi connectivity index (χ3n) is 4.66. The van der Waals surface area contributed by atoms with Crippen LogP contribution in [0.5, 0.6) is 0 Å². The summed E-state index contributed by atoms with van der Waals surface area (Å²) in [5.74, 6) is 1.33. The molecule has 7 heteroatoms. The zero-order chi connectivity index (χ0) is 15.4. The Morgan fingerprint density at radius 2 is 2.05 bits per heavy atom. The van der Waals surface area contributed by atoms with Gasteiger partial charge in [-0.15, -0.1) is 0 Å². The second kappa shape index (κ2) is 7.04. The summed E-state index contributed by atoms with van der Waals surface area (Å²) < 4.78 is 10.5. The number of nitrogens with zero attached hydrogens (tertiary/aromatic N) is 3. The summed E-state index contributed by atoms with van der Waals surface area (Å²) in [5.41, 5.74) is -0.232. The second-order valence-corrected chi connectivity index (χ2v) is 6.37. The van der Waals surface area contributed by atoms with Crippen LogP contribution in [0.1, 0.15) is 37.4 Å². The molecule has 7 nitrogen and oxygen atoms in total. The lowest BCUT2D eigenvalue weighted by Crippen LogP contribution is -2.48. The molecule has 1 unspecified atom stereocenters. The molecule has 2 N–H and O–H groups in total.